The maximum absolute atomic E-state index is 6.01. The summed E-state index contributed by atoms with van der Waals surface area (Å²) >= 11 is 1.62. The van der Waals surface area contributed by atoms with Gasteiger partial charge in [0.05, 0.1) is 0 Å². The monoisotopic (exact) mass is 389 g/mol. The van der Waals surface area contributed by atoms with Crippen molar-refractivity contribution in [3.8, 4) is 5.75 Å². The maximum Gasteiger partial charge on any atom is 0.144 e. The second kappa shape index (κ2) is 8.13. The third kappa shape index (κ3) is 3.53. The lowest BCUT2D eigenvalue weighted by Crippen LogP contribution is -2.29. The average Bonchev–Trinajstić information content (AvgIpc) is 3.30. The number of thiazole rings is 1. The summed E-state index contributed by atoms with van der Waals surface area (Å²) in [4.78, 5) is 4.49. The van der Waals surface area contributed by atoms with Crippen LogP contribution in [0.2, 0.25) is 0 Å². The van der Waals surface area contributed by atoms with Crippen LogP contribution in [-0.2, 0) is 16.9 Å². The molecule has 0 aliphatic rings. The number of nitrogens with zero attached hydrogens (tertiary/aromatic N) is 1. The number of fused-ring (bicyclic) bond motifs is 1. The van der Waals surface area contributed by atoms with E-state index in [1.165, 1.54) is 10.8 Å². The van der Waals surface area contributed by atoms with Crippen molar-refractivity contribution in [3.63, 3.8) is 0 Å². The largest absolute Gasteiger partial charge is 0.489 e. The standard InChI is InChI=1S/C24H23NO2S/c1-3-24(26-2,23-25-14-15-28-23)21-10-12-22(13-11-21)27-17-18-8-9-19-6-4-5-7-20(19)16-18/h4-16H,3,17H2,1-2H3. The lowest BCUT2D eigenvalue weighted by atomic mass is 9.91. The van der Waals surface area contributed by atoms with Crippen molar-refractivity contribution >= 4 is 22.1 Å². The molecular formula is C24H23NO2S. The van der Waals surface area contributed by atoms with E-state index in [0.717, 1.165) is 28.3 Å². The molecule has 0 N–H and O–H groups in total. The first-order valence-electron chi connectivity index (χ1n) is 9.41. The average molecular weight is 390 g/mol. The van der Waals surface area contributed by atoms with Gasteiger partial charge in [0.15, 0.2) is 0 Å². The van der Waals surface area contributed by atoms with Gasteiger partial charge in [-0.2, -0.15) is 0 Å². The summed E-state index contributed by atoms with van der Waals surface area (Å²) in [5.74, 6) is 0.845. The minimum Gasteiger partial charge on any atom is -0.489 e. The van der Waals surface area contributed by atoms with Crippen LogP contribution < -0.4 is 4.74 Å². The number of rotatable bonds is 7. The van der Waals surface area contributed by atoms with Gasteiger partial charge in [-0.1, -0.05) is 55.5 Å². The van der Waals surface area contributed by atoms with Crippen molar-refractivity contribution in [2.45, 2.75) is 25.6 Å². The Labute approximate surface area is 169 Å². The second-order valence-electron chi connectivity index (χ2n) is 6.72. The summed E-state index contributed by atoms with van der Waals surface area (Å²) in [6.07, 6.45) is 2.64. The summed E-state index contributed by atoms with van der Waals surface area (Å²) < 4.78 is 11.9. The minimum atomic E-state index is -0.509. The Balaban J connectivity index is 1.51. The highest BCUT2D eigenvalue weighted by Gasteiger charge is 2.35. The molecule has 3 nitrogen and oxygen atoms in total. The molecule has 0 fully saturated rings. The third-order valence-corrected chi connectivity index (χ3v) is 6.08. The Kier molecular flexibility index (Phi) is 5.42. The number of ether oxygens (including phenoxy) is 2. The normalized spacial score (nSPS) is 13.4. The molecule has 4 rings (SSSR count). The molecule has 0 radical (unpaired) electrons. The predicted octanol–water partition coefficient (Wildman–Crippen LogP) is 6.18. The van der Waals surface area contributed by atoms with E-state index >= 15 is 0 Å². The van der Waals surface area contributed by atoms with Gasteiger partial charge in [0.1, 0.15) is 23.0 Å². The molecule has 3 aromatic carbocycles. The fourth-order valence-electron chi connectivity index (χ4n) is 3.57. The first-order valence-corrected chi connectivity index (χ1v) is 10.3. The Bertz CT molecular complexity index is 1040. The zero-order chi connectivity index (χ0) is 19.4. The Hall–Kier alpha value is -2.69. The van der Waals surface area contributed by atoms with Crippen LogP contribution in [0.15, 0.2) is 78.3 Å². The molecule has 0 spiro atoms. The topological polar surface area (TPSA) is 31.4 Å². The molecule has 0 saturated heterocycles. The van der Waals surface area contributed by atoms with Crippen molar-refractivity contribution in [1.82, 2.24) is 4.98 Å². The lowest BCUT2D eigenvalue weighted by Gasteiger charge is -2.30. The second-order valence-corrected chi connectivity index (χ2v) is 7.61. The van der Waals surface area contributed by atoms with Crippen LogP contribution in [0, 0.1) is 0 Å². The van der Waals surface area contributed by atoms with Crippen molar-refractivity contribution in [2.75, 3.05) is 7.11 Å². The Morgan fingerprint density at radius 3 is 2.43 bits per heavy atom. The molecular weight excluding hydrogens is 366 g/mol. The van der Waals surface area contributed by atoms with E-state index in [1.807, 2.05) is 23.7 Å². The zero-order valence-electron chi connectivity index (χ0n) is 16.1. The van der Waals surface area contributed by atoms with Gasteiger partial charge in [0, 0.05) is 18.7 Å². The quantitative estimate of drug-likeness (QED) is 0.378. The summed E-state index contributed by atoms with van der Waals surface area (Å²) in [7, 11) is 1.75. The molecule has 1 aromatic heterocycles. The van der Waals surface area contributed by atoms with Gasteiger partial charge in [0.25, 0.3) is 0 Å². The Morgan fingerprint density at radius 2 is 1.75 bits per heavy atom. The summed E-state index contributed by atoms with van der Waals surface area (Å²) in [6.45, 7) is 2.66. The van der Waals surface area contributed by atoms with Gasteiger partial charge in [-0.25, -0.2) is 4.98 Å². The molecule has 1 heterocycles. The summed E-state index contributed by atoms with van der Waals surface area (Å²) in [5.41, 5.74) is 1.74. The van der Waals surface area contributed by atoms with Crippen LogP contribution in [-0.4, -0.2) is 12.1 Å². The first kappa shape index (κ1) is 18.7. The fourth-order valence-corrected chi connectivity index (χ4v) is 4.48. The van der Waals surface area contributed by atoms with Crippen LogP contribution in [0.1, 0.15) is 29.5 Å². The van der Waals surface area contributed by atoms with Crippen LogP contribution in [0.5, 0.6) is 5.75 Å². The molecule has 0 saturated carbocycles. The van der Waals surface area contributed by atoms with E-state index in [0.29, 0.717) is 6.61 Å². The molecule has 0 aliphatic heterocycles. The van der Waals surface area contributed by atoms with E-state index in [9.17, 15) is 0 Å². The maximum atomic E-state index is 6.01. The van der Waals surface area contributed by atoms with Crippen molar-refractivity contribution in [1.29, 1.82) is 0 Å². The van der Waals surface area contributed by atoms with Crippen LogP contribution in [0.4, 0.5) is 0 Å². The van der Waals surface area contributed by atoms with Gasteiger partial charge in [-0.15, -0.1) is 11.3 Å². The van der Waals surface area contributed by atoms with E-state index < -0.39 is 5.60 Å². The van der Waals surface area contributed by atoms with E-state index in [2.05, 4.69) is 66.5 Å². The molecule has 142 valence electrons. The summed E-state index contributed by atoms with van der Waals surface area (Å²) in [5, 5.41) is 5.44. The van der Waals surface area contributed by atoms with Crippen LogP contribution >= 0.6 is 11.3 Å². The first-order chi connectivity index (χ1) is 13.7. The van der Waals surface area contributed by atoms with E-state index in [-0.39, 0.29) is 0 Å². The van der Waals surface area contributed by atoms with Crippen molar-refractivity contribution in [3.05, 3.63) is 94.4 Å². The highest BCUT2D eigenvalue weighted by Crippen LogP contribution is 2.38. The smallest absolute Gasteiger partial charge is 0.144 e. The number of benzene rings is 3. The van der Waals surface area contributed by atoms with Gasteiger partial charge in [-0.05, 0) is 46.5 Å². The van der Waals surface area contributed by atoms with Crippen LogP contribution in [0.25, 0.3) is 10.8 Å². The zero-order valence-corrected chi connectivity index (χ0v) is 16.9. The highest BCUT2D eigenvalue weighted by atomic mass is 32.1. The number of hydrogen-bond acceptors (Lipinski definition) is 4. The fraction of sp³-hybridized carbons (Fsp3) is 0.208. The lowest BCUT2D eigenvalue weighted by molar-refractivity contribution is 0.0184. The van der Waals surface area contributed by atoms with Gasteiger partial charge < -0.3 is 9.47 Å². The molecule has 4 heteroatoms. The Morgan fingerprint density at radius 1 is 0.964 bits per heavy atom. The molecule has 28 heavy (non-hydrogen) atoms. The molecule has 0 aliphatic carbocycles. The van der Waals surface area contributed by atoms with Gasteiger partial charge in [0.2, 0.25) is 0 Å². The van der Waals surface area contributed by atoms with Gasteiger partial charge in [-0.3, -0.25) is 0 Å². The molecule has 1 unspecified atom stereocenters. The van der Waals surface area contributed by atoms with Crippen LogP contribution in [0.3, 0.4) is 0 Å². The van der Waals surface area contributed by atoms with E-state index in [4.69, 9.17) is 9.47 Å². The summed E-state index contributed by atoms with van der Waals surface area (Å²) in [6, 6.07) is 23.0. The number of aromatic nitrogens is 1. The molecule has 0 bridgehead atoms. The van der Waals surface area contributed by atoms with Gasteiger partial charge >= 0.3 is 0 Å². The third-order valence-electron chi connectivity index (χ3n) is 5.16. The molecule has 0 amide bonds. The highest BCUT2D eigenvalue weighted by molar-refractivity contribution is 7.09. The molecule has 4 aromatic rings. The van der Waals surface area contributed by atoms with E-state index in [1.54, 1.807) is 18.4 Å². The SMILES string of the molecule is CCC(OC)(c1ccc(OCc2ccc3ccccc3c2)cc1)c1nccs1. The number of hydrogen-bond donors (Lipinski definition) is 0. The molecule has 1 atom stereocenters. The number of methoxy groups -OCH3 is 1. The minimum absolute atomic E-state index is 0.509. The van der Waals surface area contributed by atoms with Crippen molar-refractivity contribution < 1.29 is 9.47 Å². The van der Waals surface area contributed by atoms with Crippen molar-refractivity contribution in [2.24, 2.45) is 0 Å². The predicted molar refractivity (Wildman–Crippen MR) is 115 cm³/mol.